The number of aliphatic hydroxyl groups excluding tert-OH is 1. The Morgan fingerprint density at radius 3 is 1.92 bits per heavy atom. The molecule has 196 valence electrons. The average Bonchev–Trinajstić information content (AvgIpc) is 3.22. The molecule has 36 heavy (non-hydrogen) atoms. The van der Waals surface area contributed by atoms with Gasteiger partial charge in [-0.05, 0) is 24.0 Å². The summed E-state index contributed by atoms with van der Waals surface area (Å²) in [4.78, 5) is 12.5. The van der Waals surface area contributed by atoms with Gasteiger partial charge in [0.15, 0.2) is 11.9 Å². The minimum Gasteiger partial charge on any atom is -0.490 e. The molecule has 1 unspecified atom stereocenters. The Bertz CT molecular complexity index is 979. The Kier molecular flexibility index (Phi) is 11.0. The largest absolute Gasteiger partial charge is 0.490 e. The van der Waals surface area contributed by atoms with Crippen LogP contribution in [0.3, 0.4) is 0 Å². The second kappa shape index (κ2) is 14.2. The van der Waals surface area contributed by atoms with Gasteiger partial charge in [-0.2, -0.15) is 0 Å². The van der Waals surface area contributed by atoms with Gasteiger partial charge < -0.3 is 19.3 Å². The van der Waals surface area contributed by atoms with Gasteiger partial charge in [-0.25, -0.2) is 9.36 Å². The molecule has 0 saturated carbocycles. The molecule has 1 aliphatic rings. The van der Waals surface area contributed by atoms with Gasteiger partial charge in [0.2, 0.25) is 5.76 Å². The lowest BCUT2D eigenvalue weighted by Crippen LogP contribution is -2.35. The second-order valence-corrected chi connectivity index (χ2v) is 9.63. The van der Waals surface area contributed by atoms with E-state index in [4.69, 9.17) is 27.8 Å². The van der Waals surface area contributed by atoms with Crippen molar-refractivity contribution in [1.82, 2.24) is 0 Å². The highest BCUT2D eigenvalue weighted by molar-refractivity contribution is 7.48. The molecule has 1 aliphatic heterocycles. The summed E-state index contributed by atoms with van der Waals surface area (Å²) in [5.41, 5.74) is 1.50. The smallest absolute Gasteiger partial charge is 0.475 e. The summed E-state index contributed by atoms with van der Waals surface area (Å²) in [5.74, 6) is -0.735. The van der Waals surface area contributed by atoms with Crippen LogP contribution in [0.4, 0.5) is 0 Å². The summed E-state index contributed by atoms with van der Waals surface area (Å²) in [6.07, 6.45) is -1.15. The van der Waals surface area contributed by atoms with Gasteiger partial charge in [-0.1, -0.05) is 74.5 Å². The topological polar surface area (TPSA) is 110 Å². The number of phosphoric acid groups is 1. The molecule has 0 bridgehead atoms. The van der Waals surface area contributed by atoms with Crippen molar-refractivity contribution in [3.8, 4) is 0 Å². The van der Waals surface area contributed by atoms with Crippen LogP contribution in [0, 0.1) is 0 Å². The van der Waals surface area contributed by atoms with Crippen molar-refractivity contribution in [3.63, 3.8) is 0 Å². The van der Waals surface area contributed by atoms with E-state index >= 15 is 0 Å². The van der Waals surface area contributed by atoms with Crippen LogP contribution in [0.5, 0.6) is 0 Å². The molecule has 0 radical (unpaired) electrons. The predicted molar refractivity (Wildman–Crippen MR) is 131 cm³/mol. The van der Waals surface area contributed by atoms with Crippen LogP contribution in [0.1, 0.15) is 37.8 Å². The van der Waals surface area contributed by atoms with Crippen molar-refractivity contribution in [2.75, 3.05) is 19.8 Å². The number of hydrogen-bond acceptors (Lipinski definition) is 9. The Morgan fingerprint density at radius 1 is 0.889 bits per heavy atom. The highest BCUT2D eigenvalue weighted by Crippen LogP contribution is 2.53. The maximum Gasteiger partial charge on any atom is 0.475 e. The van der Waals surface area contributed by atoms with E-state index in [1.807, 2.05) is 50.2 Å². The summed E-state index contributed by atoms with van der Waals surface area (Å²) in [7, 11) is -4.26. The van der Waals surface area contributed by atoms with E-state index < -0.39 is 32.6 Å². The molecule has 0 spiro atoms. The van der Waals surface area contributed by atoms with Gasteiger partial charge in [-0.3, -0.25) is 13.6 Å². The standard InChI is InChI=1S/C26H33O9P/c1-3-15-30-24-23(34-26(28)25(24)31-16-4-2)22(17-27)35-36(29,32-18-20-11-7-5-8-12-20)33-19-21-13-9-6-10-14-21/h5-14,22-23,27H,3-4,15-19H2,1-2H3/t22-,23?/m0/s1. The third-order valence-corrected chi connectivity index (χ3v) is 6.48. The molecule has 0 amide bonds. The third-order valence-electron chi connectivity index (χ3n) is 5.06. The molecule has 0 aromatic heterocycles. The molecule has 10 heteroatoms. The molecule has 0 saturated heterocycles. The Morgan fingerprint density at radius 2 is 1.42 bits per heavy atom. The zero-order valence-corrected chi connectivity index (χ0v) is 21.4. The first-order valence-corrected chi connectivity index (χ1v) is 13.4. The second-order valence-electron chi connectivity index (χ2n) is 8.01. The summed E-state index contributed by atoms with van der Waals surface area (Å²) in [6, 6.07) is 18.2. The molecule has 1 N–H and O–H groups in total. The maximum atomic E-state index is 13.7. The molecule has 2 aromatic rings. The lowest BCUT2D eigenvalue weighted by Gasteiger charge is -2.27. The number of carbonyl (C=O) groups excluding carboxylic acids is 1. The molecular formula is C26H33O9P. The molecule has 2 atom stereocenters. The minimum atomic E-state index is -4.26. The fraction of sp³-hybridized carbons (Fsp3) is 0.423. The van der Waals surface area contributed by atoms with Crippen LogP contribution < -0.4 is 0 Å². The van der Waals surface area contributed by atoms with Crippen molar-refractivity contribution in [3.05, 3.63) is 83.3 Å². The van der Waals surface area contributed by atoms with Crippen LogP contribution >= 0.6 is 7.82 Å². The van der Waals surface area contributed by atoms with Gasteiger partial charge in [0.1, 0.15) is 6.10 Å². The molecule has 2 aromatic carbocycles. The lowest BCUT2D eigenvalue weighted by atomic mass is 10.2. The van der Waals surface area contributed by atoms with Gasteiger partial charge in [-0.15, -0.1) is 0 Å². The molecule has 1 heterocycles. The van der Waals surface area contributed by atoms with Crippen molar-refractivity contribution in [2.45, 2.75) is 52.1 Å². The van der Waals surface area contributed by atoms with Crippen LogP contribution in [0.2, 0.25) is 0 Å². The highest BCUT2D eigenvalue weighted by atomic mass is 31.2. The van der Waals surface area contributed by atoms with E-state index in [1.54, 1.807) is 24.3 Å². The molecular weight excluding hydrogens is 487 g/mol. The number of esters is 1. The van der Waals surface area contributed by atoms with Crippen molar-refractivity contribution < 1.29 is 42.2 Å². The monoisotopic (exact) mass is 520 g/mol. The van der Waals surface area contributed by atoms with E-state index in [9.17, 15) is 14.5 Å². The maximum absolute atomic E-state index is 13.7. The number of phosphoric ester groups is 1. The zero-order valence-electron chi connectivity index (χ0n) is 20.5. The summed E-state index contributed by atoms with van der Waals surface area (Å²) >= 11 is 0. The van der Waals surface area contributed by atoms with Gasteiger partial charge in [0.05, 0.1) is 33.0 Å². The van der Waals surface area contributed by atoms with Gasteiger partial charge in [0.25, 0.3) is 0 Å². The normalized spacial score (nSPS) is 16.6. The quantitative estimate of drug-likeness (QED) is 0.244. The van der Waals surface area contributed by atoms with E-state index in [1.165, 1.54) is 0 Å². The van der Waals surface area contributed by atoms with Crippen LogP contribution in [0.15, 0.2) is 72.2 Å². The Hall–Kier alpha value is -2.68. The van der Waals surface area contributed by atoms with E-state index in [-0.39, 0.29) is 37.9 Å². The number of benzene rings is 2. The van der Waals surface area contributed by atoms with Crippen LogP contribution in [-0.2, 0) is 50.4 Å². The Balaban J connectivity index is 1.82. The first kappa shape index (κ1) is 27.9. The number of cyclic esters (lactones) is 1. The predicted octanol–water partition coefficient (Wildman–Crippen LogP) is 4.90. The van der Waals surface area contributed by atoms with Crippen molar-refractivity contribution in [1.29, 1.82) is 0 Å². The fourth-order valence-electron chi connectivity index (χ4n) is 3.29. The number of ether oxygens (including phenoxy) is 3. The molecule has 9 nitrogen and oxygen atoms in total. The van der Waals surface area contributed by atoms with Gasteiger partial charge >= 0.3 is 13.8 Å². The van der Waals surface area contributed by atoms with Gasteiger partial charge in [0, 0.05) is 0 Å². The van der Waals surface area contributed by atoms with E-state index in [2.05, 4.69) is 0 Å². The average molecular weight is 521 g/mol. The molecule has 0 aliphatic carbocycles. The summed E-state index contributed by atoms with van der Waals surface area (Å²) < 4.78 is 47.5. The van der Waals surface area contributed by atoms with Crippen LogP contribution in [-0.4, -0.2) is 43.1 Å². The number of aliphatic hydroxyl groups is 1. The van der Waals surface area contributed by atoms with Crippen molar-refractivity contribution in [2.24, 2.45) is 0 Å². The van der Waals surface area contributed by atoms with Crippen molar-refractivity contribution >= 4 is 13.8 Å². The summed E-state index contributed by atoms with van der Waals surface area (Å²) in [6.45, 7) is 3.60. The number of hydrogen-bond donors (Lipinski definition) is 1. The first-order valence-electron chi connectivity index (χ1n) is 12.0. The lowest BCUT2D eigenvalue weighted by molar-refractivity contribution is -0.148. The zero-order chi connectivity index (χ0) is 25.8. The molecule has 0 fully saturated rings. The first-order chi connectivity index (χ1) is 17.5. The molecule has 3 rings (SSSR count). The van der Waals surface area contributed by atoms with E-state index in [0.717, 1.165) is 11.1 Å². The minimum absolute atomic E-state index is 0.0601. The Labute approximate surface area is 211 Å². The number of carbonyl (C=O) groups is 1. The summed E-state index contributed by atoms with van der Waals surface area (Å²) in [5, 5.41) is 10.1. The highest BCUT2D eigenvalue weighted by Gasteiger charge is 2.46. The number of rotatable bonds is 16. The fourth-order valence-corrected chi connectivity index (χ4v) is 4.61. The SMILES string of the molecule is CCCOC1=C(OCCC)C([C@H](CO)OP(=O)(OCc2ccccc2)OCc2ccccc2)OC1=O. The van der Waals surface area contributed by atoms with Crippen LogP contribution in [0.25, 0.3) is 0 Å². The third kappa shape index (κ3) is 7.91. The van der Waals surface area contributed by atoms with E-state index in [0.29, 0.717) is 12.8 Å².